The maximum Gasteiger partial charge on any atom is 0.167 e. The van der Waals surface area contributed by atoms with E-state index in [2.05, 4.69) is 0 Å². The minimum Gasteiger partial charge on any atom is -0.507 e. The molecule has 194 valence electrons. The monoisotopic (exact) mass is 495 g/mol. The molecular formula is C29H37NO6. The van der Waals surface area contributed by atoms with Gasteiger partial charge in [0, 0.05) is 38.7 Å². The molecule has 7 nitrogen and oxygen atoms in total. The predicted octanol–water partition coefficient (Wildman–Crippen LogP) is 3.72. The fourth-order valence-electron chi connectivity index (χ4n) is 5.42. The van der Waals surface area contributed by atoms with Crippen molar-refractivity contribution in [2.45, 2.75) is 46.0 Å². The van der Waals surface area contributed by atoms with E-state index in [4.69, 9.17) is 0 Å². The number of fused-ring (bicyclic) bond motifs is 1. The van der Waals surface area contributed by atoms with Crippen LogP contribution in [0.4, 0.5) is 5.69 Å². The van der Waals surface area contributed by atoms with Crippen molar-refractivity contribution in [3.63, 3.8) is 0 Å². The highest BCUT2D eigenvalue weighted by Crippen LogP contribution is 2.42. The Morgan fingerprint density at radius 2 is 1.78 bits per heavy atom. The third-order valence-electron chi connectivity index (χ3n) is 7.28. The third-order valence-corrected chi connectivity index (χ3v) is 7.28. The van der Waals surface area contributed by atoms with Crippen molar-refractivity contribution in [3.8, 4) is 16.9 Å². The van der Waals surface area contributed by atoms with E-state index in [0.29, 0.717) is 30.4 Å². The number of aryl methyl sites for hydroxylation is 1. The molecule has 7 heteroatoms. The number of hydrogen-bond donors (Lipinski definition) is 3. The summed E-state index contributed by atoms with van der Waals surface area (Å²) in [6.07, 6.45) is 1.24. The molecule has 0 aliphatic heterocycles. The highest BCUT2D eigenvalue weighted by atomic mass is 16.3. The molecular weight excluding hydrogens is 458 g/mol. The lowest BCUT2D eigenvalue weighted by Gasteiger charge is -2.32. The normalized spacial score (nSPS) is 16.8. The molecule has 3 atom stereocenters. The zero-order valence-corrected chi connectivity index (χ0v) is 21.6. The number of nitrogens with zero attached hydrogens (tertiary/aromatic N) is 1. The second kappa shape index (κ2) is 11.8. The Morgan fingerprint density at radius 3 is 2.33 bits per heavy atom. The third kappa shape index (κ3) is 6.02. The summed E-state index contributed by atoms with van der Waals surface area (Å²) in [6, 6.07) is 9.94. The second-order valence-electron chi connectivity index (χ2n) is 10.2. The maximum atomic E-state index is 13.3. The number of ketones is 3. The van der Waals surface area contributed by atoms with Crippen molar-refractivity contribution in [3.05, 3.63) is 47.0 Å². The van der Waals surface area contributed by atoms with Gasteiger partial charge in [0.2, 0.25) is 0 Å². The van der Waals surface area contributed by atoms with E-state index in [1.165, 1.54) is 6.92 Å². The van der Waals surface area contributed by atoms with Gasteiger partial charge in [-0.15, -0.1) is 0 Å². The predicted molar refractivity (Wildman–Crippen MR) is 139 cm³/mol. The number of aromatic hydroxyl groups is 1. The molecule has 0 bridgehead atoms. The van der Waals surface area contributed by atoms with Crippen LogP contribution in [0.3, 0.4) is 0 Å². The highest BCUT2D eigenvalue weighted by molar-refractivity contribution is 6.03. The molecule has 0 spiro atoms. The standard InChI is InChI=1S/C29H37NO6/c1-17-11-23(20-5-7-22(8-6-20)30(3)4)24-14-19(15-27(35)28(24)29(17)36)13-21(9-10-31)25(16-32)26(34)12-18(2)33/h5-8,11,19,21,25,31-32,36H,9-10,12-16H2,1-4H3. The van der Waals surface area contributed by atoms with Crippen LogP contribution < -0.4 is 4.90 Å². The number of aliphatic hydroxyl groups is 2. The Labute approximate surface area is 212 Å². The van der Waals surface area contributed by atoms with Gasteiger partial charge in [0.05, 0.1) is 18.6 Å². The first kappa shape index (κ1) is 27.6. The van der Waals surface area contributed by atoms with Crippen molar-refractivity contribution in [1.82, 2.24) is 0 Å². The van der Waals surface area contributed by atoms with E-state index in [-0.39, 0.29) is 54.4 Å². The van der Waals surface area contributed by atoms with E-state index >= 15 is 0 Å². The number of phenolic OH excluding ortho intramolecular Hbond substituents is 1. The summed E-state index contributed by atoms with van der Waals surface area (Å²) >= 11 is 0. The van der Waals surface area contributed by atoms with Crippen molar-refractivity contribution in [1.29, 1.82) is 0 Å². The van der Waals surface area contributed by atoms with E-state index in [0.717, 1.165) is 22.4 Å². The van der Waals surface area contributed by atoms with Crippen LogP contribution in [0.25, 0.3) is 11.1 Å². The van der Waals surface area contributed by atoms with Crippen LogP contribution in [0.1, 0.15) is 54.1 Å². The van der Waals surface area contributed by atoms with Crippen molar-refractivity contribution in [2.75, 3.05) is 32.2 Å². The van der Waals surface area contributed by atoms with E-state index in [9.17, 15) is 29.7 Å². The summed E-state index contributed by atoms with van der Waals surface area (Å²) in [5.74, 6) is -1.97. The second-order valence-corrected chi connectivity index (χ2v) is 10.2. The van der Waals surface area contributed by atoms with Gasteiger partial charge in [-0.25, -0.2) is 0 Å². The van der Waals surface area contributed by atoms with Crippen LogP contribution in [0, 0.1) is 24.7 Å². The average molecular weight is 496 g/mol. The van der Waals surface area contributed by atoms with E-state index < -0.39 is 12.5 Å². The fraction of sp³-hybridized carbons (Fsp3) is 0.483. The lowest BCUT2D eigenvalue weighted by molar-refractivity contribution is -0.131. The van der Waals surface area contributed by atoms with Crippen LogP contribution in [0.15, 0.2) is 30.3 Å². The summed E-state index contributed by atoms with van der Waals surface area (Å²) in [4.78, 5) is 39.4. The summed E-state index contributed by atoms with van der Waals surface area (Å²) < 4.78 is 0. The number of rotatable bonds is 11. The lowest BCUT2D eigenvalue weighted by Crippen LogP contribution is -2.32. The molecule has 1 aliphatic rings. The Hall–Kier alpha value is -3.03. The Morgan fingerprint density at radius 1 is 1.11 bits per heavy atom. The van der Waals surface area contributed by atoms with Gasteiger partial charge in [0.25, 0.3) is 0 Å². The number of hydrogen-bond acceptors (Lipinski definition) is 7. The van der Waals surface area contributed by atoms with Gasteiger partial charge < -0.3 is 20.2 Å². The molecule has 0 fully saturated rings. The first-order valence-electron chi connectivity index (χ1n) is 12.5. The highest BCUT2D eigenvalue weighted by Gasteiger charge is 2.35. The summed E-state index contributed by atoms with van der Waals surface area (Å²) in [5, 5.41) is 30.4. The van der Waals surface area contributed by atoms with Crippen LogP contribution in [0.2, 0.25) is 0 Å². The van der Waals surface area contributed by atoms with Gasteiger partial charge in [-0.05, 0) is 85.4 Å². The van der Waals surface area contributed by atoms with Gasteiger partial charge in [0.15, 0.2) is 5.78 Å². The van der Waals surface area contributed by atoms with Crippen LogP contribution >= 0.6 is 0 Å². The number of carbonyl (C=O) groups excluding carboxylic acids is 3. The summed E-state index contributed by atoms with van der Waals surface area (Å²) in [7, 11) is 3.93. The zero-order chi connectivity index (χ0) is 26.6. The first-order chi connectivity index (χ1) is 17.1. The quantitative estimate of drug-likeness (QED) is 0.407. The smallest absolute Gasteiger partial charge is 0.167 e. The zero-order valence-electron chi connectivity index (χ0n) is 21.6. The van der Waals surface area contributed by atoms with Crippen LogP contribution in [0.5, 0.6) is 5.75 Å². The lowest BCUT2D eigenvalue weighted by atomic mass is 9.72. The molecule has 0 heterocycles. The molecule has 2 aromatic rings. The molecule has 2 aromatic carbocycles. The summed E-state index contributed by atoms with van der Waals surface area (Å²) in [6.45, 7) is 2.56. The number of anilines is 1. The Balaban J connectivity index is 1.97. The Bertz CT molecular complexity index is 1120. The van der Waals surface area contributed by atoms with Crippen molar-refractivity contribution >= 4 is 23.0 Å². The van der Waals surface area contributed by atoms with Gasteiger partial charge >= 0.3 is 0 Å². The van der Waals surface area contributed by atoms with Gasteiger partial charge in [-0.2, -0.15) is 0 Å². The maximum absolute atomic E-state index is 13.3. The van der Waals surface area contributed by atoms with Crippen LogP contribution in [-0.4, -0.2) is 60.0 Å². The molecule has 3 rings (SSSR count). The first-order valence-corrected chi connectivity index (χ1v) is 12.5. The number of carbonyl (C=O) groups is 3. The van der Waals surface area contributed by atoms with E-state index in [1.54, 1.807) is 6.92 Å². The molecule has 36 heavy (non-hydrogen) atoms. The molecule has 0 aromatic heterocycles. The van der Waals surface area contributed by atoms with Crippen molar-refractivity contribution in [2.24, 2.45) is 17.8 Å². The molecule has 3 unspecified atom stereocenters. The van der Waals surface area contributed by atoms with Crippen molar-refractivity contribution < 1.29 is 29.7 Å². The number of aliphatic hydroxyl groups excluding tert-OH is 2. The molecule has 0 amide bonds. The summed E-state index contributed by atoms with van der Waals surface area (Å²) in [5.41, 5.74) is 4.69. The number of phenols is 1. The van der Waals surface area contributed by atoms with Gasteiger partial charge in [-0.3, -0.25) is 14.4 Å². The minimum absolute atomic E-state index is 0.0129. The van der Waals surface area contributed by atoms with Gasteiger partial charge in [0.1, 0.15) is 17.3 Å². The molecule has 0 radical (unpaired) electrons. The van der Waals surface area contributed by atoms with Crippen LogP contribution in [-0.2, 0) is 16.0 Å². The Kier molecular flexibility index (Phi) is 9.03. The van der Waals surface area contributed by atoms with E-state index in [1.807, 2.05) is 49.3 Å². The fourth-order valence-corrected chi connectivity index (χ4v) is 5.42. The molecule has 0 saturated carbocycles. The average Bonchev–Trinajstić information content (AvgIpc) is 2.81. The number of Topliss-reactive ketones (excluding diaryl/α,β-unsaturated/α-hetero) is 3. The largest absolute Gasteiger partial charge is 0.507 e. The SMILES string of the molecule is CC(=O)CC(=O)C(CO)C(CCO)CC1CC(=O)c2c(O)c(C)cc(-c3ccc(N(C)C)cc3)c2C1. The minimum atomic E-state index is -0.762. The molecule has 3 N–H and O–H groups in total. The molecule has 1 aliphatic carbocycles. The molecule has 0 saturated heterocycles. The topological polar surface area (TPSA) is 115 Å². The number of benzene rings is 2. The van der Waals surface area contributed by atoms with Gasteiger partial charge in [-0.1, -0.05) is 12.1 Å².